The van der Waals surface area contributed by atoms with Crippen LogP contribution in [0.1, 0.15) is 129 Å². The Morgan fingerprint density at radius 3 is 1.04 bits per heavy atom. The summed E-state index contributed by atoms with van der Waals surface area (Å²) in [5.74, 6) is -0.901. The number of unbranched alkanes of at least 4 members (excludes halogenated alkanes) is 17. The van der Waals surface area contributed by atoms with Crippen molar-refractivity contribution in [3.05, 3.63) is 0 Å². The molecule has 0 heterocycles. The number of carboxylic acid groups (broad SMARTS) is 1. The summed E-state index contributed by atoms with van der Waals surface area (Å²) < 4.78 is 0. The molecule has 0 aliphatic rings. The quantitative estimate of drug-likeness (QED) is 0.279. The summed E-state index contributed by atoms with van der Waals surface area (Å²) in [5, 5.41) is 10.3. The van der Waals surface area contributed by atoms with Gasteiger partial charge in [-0.3, -0.25) is 0 Å². The Bertz CT molecular complexity index is 244. The number of carbonyl (C=O) groups excluding carboxylic acids is 1. The molecule has 0 saturated heterocycles. The molecule has 0 aromatic rings. The predicted molar refractivity (Wildman–Crippen MR) is 98.4 cm³/mol. The second-order valence-corrected chi connectivity index (χ2v) is 7.13. The molecule has 0 spiro atoms. The summed E-state index contributed by atoms with van der Waals surface area (Å²) in [6.45, 7) is 2.28. The first-order valence-electron chi connectivity index (χ1n) is 10.5. The Labute approximate surface area is 210 Å². The van der Waals surface area contributed by atoms with Crippen LogP contribution in [0.15, 0.2) is 0 Å². The smallest absolute Gasteiger partial charge is 0.550 e. The van der Waals surface area contributed by atoms with Crippen LogP contribution in [0.4, 0.5) is 0 Å². The van der Waals surface area contributed by atoms with Crippen LogP contribution >= 0.6 is 0 Å². The van der Waals surface area contributed by atoms with E-state index < -0.39 is 5.97 Å². The maximum atomic E-state index is 10.3. The second-order valence-electron chi connectivity index (χ2n) is 7.13. The van der Waals surface area contributed by atoms with Gasteiger partial charge in [-0.25, -0.2) is 0 Å². The number of hydrogen-bond acceptors (Lipinski definition) is 2. The third-order valence-electron chi connectivity index (χ3n) is 4.73. The molecule has 138 valence electrons. The van der Waals surface area contributed by atoms with E-state index in [0.717, 1.165) is 12.8 Å². The van der Waals surface area contributed by atoms with Gasteiger partial charge in [-0.1, -0.05) is 116 Å². The Morgan fingerprint density at radius 1 is 0.542 bits per heavy atom. The summed E-state index contributed by atoms with van der Waals surface area (Å²) in [5.41, 5.74) is 0. The molecular weight excluding hydrogens is 417 g/mol. The molecule has 0 aliphatic heterocycles. The van der Waals surface area contributed by atoms with Crippen molar-refractivity contribution in [1.82, 2.24) is 0 Å². The minimum absolute atomic E-state index is 0. The summed E-state index contributed by atoms with van der Waals surface area (Å²) in [4.78, 5) is 10.3. The summed E-state index contributed by atoms with van der Waals surface area (Å²) in [6.07, 6.45) is 24.3. The van der Waals surface area contributed by atoms with Crippen LogP contribution in [0, 0.1) is 0 Å². The fourth-order valence-corrected chi connectivity index (χ4v) is 3.17. The van der Waals surface area contributed by atoms with E-state index in [9.17, 15) is 9.90 Å². The zero-order valence-corrected chi connectivity index (χ0v) is 23.0. The number of carboxylic acids is 1. The van der Waals surface area contributed by atoms with E-state index >= 15 is 0 Å². The van der Waals surface area contributed by atoms with Gasteiger partial charge in [0.15, 0.2) is 0 Å². The number of carbonyl (C=O) groups is 1. The van der Waals surface area contributed by atoms with Gasteiger partial charge in [0.1, 0.15) is 0 Å². The monoisotopic (exact) mass is 458 g/mol. The molecular formula is C21H41CsO2. The van der Waals surface area contributed by atoms with E-state index in [1.54, 1.807) is 0 Å². The predicted octanol–water partition coefficient (Wildman–Crippen LogP) is 3.17. The molecule has 0 unspecified atom stereocenters. The molecule has 0 fully saturated rings. The fraction of sp³-hybridized carbons (Fsp3) is 0.952. The summed E-state index contributed by atoms with van der Waals surface area (Å²) in [7, 11) is 0. The van der Waals surface area contributed by atoms with Crippen LogP contribution in [0.3, 0.4) is 0 Å². The molecule has 0 radical (unpaired) electrons. The van der Waals surface area contributed by atoms with E-state index in [2.05, 4.69) is 6.92 Å². The first-order chi connectivity index (χ1) is 11.3. The molecule has 0 aromatic carbocycles. The van der Waals surface area contributed by atoms with Crippen molar-refractivity contribution in [3.63, 3.8) is 0 Å². The standard InChI is InChI=1S/C21H42O2.Cs/c1-2-3-4-5-6-7-8-9-10-11-12-13-14-15-16-17-18-19-20-21(22)23;/h2-20H2,1H3,(H,22,23);/q;+1/p-1. The number of hydrogen-bond donors (Lipinski definition) is 0. The van der Waals surface area contributed by atoms with E-state index in [1.165, 1.54) is 103 Å². The third kappa shape index (κ3) is 25.8. The molecule has 0 N–H and O–H groups in total. The van der Waals surface area contributed by atoms with E-state index in [-0.39, 0.29) is 75.3 Å². The van der Waals surface area contributed by atoms with Gasteiger partial charge in [-0.15, -0.1) is 0 Å². The topological polar surface area (TPSA) is 40.1 Å². The van der Waals surface area contributed by atoms with Gasteiger partial charge >= 0.3 is 68.9 Å². The van der Waals surface area contributed by atoms with Gasteiger partial charge in [-0.05, 0) is 12.8 Å². The van der Waals surface area contributed by atoms with Crippen molar-refractivity contribution in [1.29, 1.82) is 0 Å². The van der Waals surface area contributed by atoms with Gasteiger partial charge in [0, 0.05) is 5.97 Å². The molecule has 0 atom stereocenters. The first kappa shape index (κ1) is 27.7. The van der Waals surface area contributed by atoms with Crippen molar-refractivity contribution in [2.75, 3.05) is 0 Å². The van der Waals surface area contributed by atoms with Gasteiger partial charge < -0.3 is 9.90 Å². The molecule has 0 rings (SSSR count). The van der Waals surface area contributed by atoms with Crippen LogP contribution in [0.25, 0.3) is 0 Å². The zero-order chi connectivity index (χ0) is 17.0. The van der Waals surface area contributed by atoms with Crippen molar-refractivity contribution in [2.45, 2.75) is 129 Å². The van der Waals surface area contributed by atoms with Crippen molar-refractivity contribution < 1.29 is 78.8 Å². The largest absolute Gasteiger partial charge is 1.00 e. The summed E-state index contributed by atoms with van der Waals surface area (Å²) in [6, 6.07) is 0. The van der Waals surface area contributed by atoms with Crippen LogP contribution in [0.2, 0.25) is 0 Å². The fourth-order valence-electron chi connectivity index (χ4n) is 3.17. The maximum absolute atomic E-state index is 10.3. The molecule has 2 nitrogen and oxygen atoms in total. The zero-order valence-electron chi connectivity index (χ0n) is 16.8. The van der Waals surface area contributed by atoms with Crippen molar-refractivity contribution in [2.24, 2.45) is 0 Å². The molecule has 0 aromatic heterocycles. The molecule has 24 heavy (non-hydrogen) atoms. The number of aliphatic carboxylic acids is 1. The first-order valence-corrected chi connectivity index (χ1v) is 10.5. The summed E-state index contributed by atoms with van der Waals surface area (Å²) >= 11 is 0. The van der Waals surface area contributed by atoms with Gasteiger partial charge in [0.25, 0.3) is 0 Å². The SMILES string of the molecule is CCCCCCCCCCCCCCCCCCCCC(=O)[O-].[Cs+]. The van der Waals surface area contributed by atoms with Crippen LogP contribution < -0.4 is 74.0 Å². The second kappa shape index (κ2) is 24.5. The third-order valence-corrected chi connectivity index (χ3v) is 4.73. The number of rotatable bonds is 19. The minimum atomic E-state index is -0.901. The van der Waals surface area contributed by atoms with Crippen LogP contribution in [-0.2, 0) is 4.79 Å². The Morgan fingerprint density at radius 2 is 0.792 bits per heavy atom. The van der Waals surface area contributed by atoms with Gasteiger partial charge in [0.2, 0.25) is 0 Å². The minimum Gasteiger partial charge on any atom is -0.550 e. The average Bonchev–Trinajstić information content (AvgIpc) is 2.53. The van der Waals surface area contributed by atoms with Gasteiger partial charge in [-0.2, -0.15) is 0 Å². The maximum Gasteiger partial charge on any atom is 1.00 e. The van der Waals surface area contributed by atoms with Gasteiger partial charge in [0.05, 0.1) is 0 Å². The Hall–Kier alpha value is 1.52. The molecule has 3 heteroatoms. The van der Waals surface area contributed by atoms with Crippen molar-refractivity contribution >= 4 is 5.97 Å². The molecule has 0 aliphatic carbocycles. The van der Waals surface area contributed by atoms with Crippen molar-refractivity contribution in [3.8, 4) is 0 Å². The average molecular weight is 458 g/mol. The Balaban J connectivity index is 0. The Kier molecular flexibility index (Phi) is 28.3. The molecule has 0 bridgehead atoms. The molecule has 0 saturated carbocycles. The normalized spacial score (nSPS) is 10.5. The van der Waals surface area contributed by atoms with E-state index in [0.29, 0.717) is 0 Å². The molecule has 0 amide bonds. The van der Waals surface area contributed by atoms with E-state index in [4.69, 9.17) is 0 Å². The van der Waals surface area contributed by atoms with Crippen LogP contribution in [-0.4, -0.2) is 5.97 Å². The van der Waals surface area contributed by atoms with E-state index in [1.807, 2.05) is 0 Å². The van der Waals surface area contributed by atoms with Crippen LogP contribution in [0.5, 0.6) is 0 Å².